The maximum absolute atomic E-state index is 14.1. The summed E-state index contributed by atoms with van der Waals surface area (Å²) >= 11 is 6.02. The van der Waals surface area contributed by atoms with E-state index in [1.165, 1.54) is 30.6 Å². The van der Waals surface area contributed by atoms with Gasteiger partial charge in [0.05, 0.1) is 21.0 Å². The van der Waals surface area contributed by atoms with E-state index in [2.05, 4.69) is 9.97 Å². The highest BCUT2D eigenvalue weighted by Gasteiger charge is 2.27. The molecular formula is C20H18ClFN4O3S. The summed E-state index contributed by atoms with van der Waals surface area (Å²) in [5.41, 5.74) is 0.502. The lowest BCUT2D eigenvalue weighted by atomic mass is 10.1. The summed E-state index contributed by atoms with van der Waals surface area (Å²) in [7, 11) is -3.38. The molecule has 0 atom stereocenters. The fraction of sp³-hybridized carbons (Fsp3) is 0.250. The Morgan fingerprint density at radius 3 is 2.50 bits per heavy atom. The Bertz CT molecular complexity index is 1220. The molecule has 156 valence electrons. The number of hydrogen-bond donors (Lipinski definition) is 0. The summed E-state index contributed by atoms with van der Waals surface area (Å²) in [6, 6.07) is 8.89. The van der Waals surface area contributed by atoms with E-state index in [1.54, 1.807) is 17.0 Å². The molecule has 30 heavy (non-hydrogen) atoms. The monoisotopic (exact) mass is 448 g/mol. The second kappa shape index (κ2) is 7.81. The van der Waals surface area contributed by atoms with Crippen LogP contribution >= 0.6 is 11.6 Å². The predicted octanol–water partition coefficient (Wildman–Crippen LogP) is 2.79. The van der Waals surface area contributed by atoms with Crippen molar-refractivity contribution in [3.05, 3.63) is 59.1 Å². The fourth-order valence-electron chi connectivity index (χ4n) is 3.49. The highest BCUT2D eigenvalue weighted by molar-refractivity contribution is 7.90. The van der Waals surface area contributed by atoms with E-state index >= 15 is 0 Å². The van der Waals surface area contributed by atoms with E-state index in [0.29, 0.717) is 42.9 Å². The number of anilines is 1. The van der Waals surface area contributed by atoms with E-state index < -0.39 is 21.6 Å². The van der Waals surface area contributed by atoms with Crippen molar-refractivity contribution in [3.8, 4) is 0 Å². The van der Waals surface area contributed by atoms with Gasteiger partial charge in [-0.25, -0.2) is 22.8 Å². The molecule has 1 amide bonds. The number of aromatic nitrogens is 2. The van der Waals surface area contributed by atoms with Crippen molar-refractivity contribution in [2.75, 3.05) is 37.3 Å². The maximum Gasteiger partial charge on any atom is 0.258 e. The molecule has 2 heterocycles. The first-order valence-corrected chi connectivity index (χ1v) is 11.5. The average molecular weight is 449 g/mol. The Morgan fingerprint density at radius 2 is 1.83 bits per heavy atom. The number of halogens is 2. The second-order valence-electron chi connectivity index (χ2n) is 7.02. The average Bonchev–Trinajstić information content (AvgIpc) is 2.72. The Kier molecular flexibility index (Phi) is 5.33. The lowest BCUT2D eigenvalue weighted by Crippen LogP contribution is -2.49. The molecule has 0 saturated carbocycles. The van der Waals surface area contributed by atoms with Gasteiger partial charge in [-0.3, -0.25) is 4.79 Å². The van der Waals surface area contributed by atoms with Crippen molar-refractivity contribution in [1.82, 2.24) is 14.9 Å². The van der Waals surface area contributed by atoms with Gasteiger partial charge in [0.1, 0.15) is 18.0 Å². The first-order chi connectivity index (χ1) is 14.3. The molecule has 1 aromatic heterocycles. The predicted molar refractivity (Wildman–Crippen MR) is 112 cm³/mol. The van der Waals surface area contributed by atoms with E-state index in [0.717, 1.165) is 6.26 Å². The third kappa shape index (κ3) is 3.82. The van der Waals surface area contributed by atoms with Gasteiger partial charge in [-0.05, 0) is 30.3 Å². The third-order valence-electron chi connectivity index (χ3n) is 5.06. The van der Waals surface area contributed by atoms with Crippen LogP contribution in [0.1, 0.15) is 10.4 Å². The molecule has 3 aromatic rings. The molecule has 0 N–H and O–H groups in total. The summed E-state index contributed by atoms with van der Waals surface area (Å²) in [5, 5.41) is 0.704. The zero-order valence-corrected chi connectivity index (χ0v) is 17.6. The zero-order valence-electron chi connectivity index (χ0n) is 16.0. The third-order valence-corrected chi connectivity index (χ3v) is 6.48. The number of carbonyl (C=O) groups is 1. The van der Waals surface area contributed by atoms with E-state index in [-0.39, 0.29) is 15.5 Å². The lowest BCUT2D eigenvalue weighted by Gasteiger charge is -2.36. The van der Waals surface area contributed by atoms with Gasteiger partial charge >= 0.3 is 0 Å². The topological polar surface area (TPSA) is 83.5 Å². The van der Waals surface area contributed by atoms with Crippen LogP contribution in [0.25, 0.3) is 10.9 Å². The number of sulfone groups is 1. The van der Waals surface area contributed by atoms with Crippen molar-refractivity contribution >= 4 is 44.1 Å². The number of benzene rings is 2. The van der Waals surface area contributed by atoms with Gasteiger partial charge in [-0.15, -0.1) is 0 Å². The Hall–Kier alpha value is -2.78. The minimum absolute atomic E-state index is 0.0810. The van der Waals surface area contributed by atoms with E-state index in [1.807, 2.05) is 4.90 Å². The van der Waals surface area contributed by atoms with Crippen LogP contribution in [-0.2, 0) is 9.84 Å². The summed E-state index contributed by atoms with van der Waals surface area (Å²) in [4.78, 5) is 25.0. The molecule has 0 aliphatic carbocycles. The SMILES string of the molecule is CS(=O)(=O)c1ccc2ncnc(N3CCN(C(=O)c4c(F)cccc4Cl)CC3)c2c1. The summed E-state index contributed by atoms with van der Waals surface area (Å²) < 4.78 is 38.0. The molecule has 10 heteroatoms. The number of nitrogens with zero attached hydrogens (tertiary/aromatic N) is 4. The first kappa shape index (κ1) is 20.5. The number of carbonyl (C=O) groups excluding carboxylic acids is 1. The molecule has 1 saturated heterocycles. The number of hydrogen-bond acceptors (Lipinski definition) is 6. The van der Waals surface area contributed by atoms with E-state index in [4.69, 9.17) is 11.6 Å². The molecule has 1 aliphatic rings. The number of amides is 1. The number of piperazine rings is 1. The number of fused-ring (bicyclic) bond motifs is 1. The van der Waals surface area contributed by atoms with Gasteiger partial charge in [0, 0.05) is 37.8 Å². The molecule has 0 radical (unpaired) electrons. The van der Waals surface area contributed by atoms with Crippen molar-refractivity contribution in [3.63, 3.8) is 0 Å². The van der Waals surface area contributed by atoms with Crippen LogP contribution < -0.4 is 4.90 Å². The molecular weight excluding hydrogens is 431 g/mol. The molecule has 1 fully saturated rings. The van der Waals surface area contributed by atoms with Crippen LogP contribution in [0.2, 0.25) is 5.02 Å². The Balaban J connectivity index is 1.59. The highest BCUT2D eigenvalue weighted by Crippen LogP contribution is 2.27. The van der Waals surface area contributed by atoms with Gasteiger partial charge in [0.2, 0.25) is 0 Å². The standard InChI is InChI=1S/C20H18ClFN4O3S/c1-30(28,29)13-5-6-17-14(11-13)19(24-12-23-17)25-7-9-26(10-8-25)20(27)18-15(21)3-2-4-16(18)22/h2-6,11-12H,7-10H2,1H3. The molecule has 0 bridgehead atoms. The summed E-state index contributed by atoms with van der Waals surface area (Å²) in [6.45, 7) is 1.60. The van der Waals surface area contributed by atoms with Crippen LogP contribution in [0.5, 0.6) is 0 Å². The zero-order chi connectivity index (χ0) is 21.5. The smallest absolute Gasteiger partial charge is 0.258 e. The second-order valence-corrected chi connectivity index (χ2v) is 9.45. The Morgan fingerprint density at radius 1 is 1.10 bits per heavy atom. The van der Waals surface area contributed by atoms with Crippen molar-refractivity contribution in [2.45, 2.75) is 4.90 Å². The van der Waals surface area contributed by atoms with Crippen LogP contribution in [0.3, 0.4) is 0 Å². The molecule has 2 aromatic carbocycles. The summed E-state index contributed by atoms with van der Waals surface area (Å²) in [5.74, 6) is -0.504. The van der Waals surface area contributed by atoms with Gasteiger partial charge in [0.15, 0.2) is 9.84 Å². The fourth-order valence-corrected chi connectivity index (χ4v) is 4.38. The van der Waals surface area contributed by atoms with Gasteiger partial charge in [-0.2, -0.15) is 0 Å². The molecule has 7 nitrogen and oxygen atoms in total. The van der Waals surface area contributed by atoms with Crippen LogP contribution in [0, 0.1) is 5.82 Å². The van der Waals surface area contributed by atoms with Crippen LogP contribution in [0.15, 0.2) is 47.6 Å². The van der Waals surface area contributed by atoms with Crippen molar-refractivity contribution < 1.29 is 17.6 Å². The molecule has 0 spiro atoms. The number of rotatable bonds is 3. The van der Waals surface area contributed by atoms with Gasteiger partial charge < -0.3 is 9.80 Å². The lowest BCUT2D eigenvalue weighted by molar-refractivity contribution is 0.0742. The van der Waals surface area contributed by atoms with Crippen LogP contribution in [-0.4, -0.2) is 61.6 Å². The van der Waals surface area contributed by atoms with Crippen LogP contribution in [0.4, 0.5) is 10.2 Å². The quantitative estimate of drug-likeness (QED) is 0.612. The summed E-state index contributed by atoms with van der Waals surface area (Å²) in [6.07, 6.45) is 2.57. The van der Waals surface area contributed by atoms with Crippen molar-refractivity contribution in [2.24, 2.45) is 0 Å². The minimum Gasteiger partial charge on any atom is -0.352 e. The maximum atomic E-state index is 14.1. The first-order valence-electron chi connectivity index (χ1n) is 9.19. The highest BCUT2D eigenvalue weighted by atomic mass is 35.5. The van der Waals surface area contributed by atoms with Crippen molar-refractivity contribution in [1.29, 1.82) is 0 Å². The molecule has 0 unspecified atom stereocenters. The largest absolute Gasteiger partial charge is 0.352 e. The van der Waals surface area contributed by atoms with E-state index in [9.17, 15) is 17.6 Å². The molecule has 4 rings (SSSR count). The normalized spacial score (nSPS) is 14.9. The Labute approximate surface area is 178 Å². The minimum atomic E-state index is -3.38. The van der Waals surface area contributed by atoms with Gasteiger partial charge in [0.25, 0.3) is 5.91 Å². The van der Waals surface area contributed by atoms with Gasteiger partial charge in [-0.1, -0.05) is 17.7 Å². The molecule has 1 aliphatic heterocycles.